The van der Waals surface area contributed by atoms with E-state index in [1.54, 1.807) is 0 Å². The summed E-state index contributed by atoms with van der Waals surface area (Å²) in [6, 6.07) is 7.92. The minimum absolute atomic E-state index is 0.268. The number of esters is 1. The molecule has 1 N–H and O–H groups in total. The number of hydrogen-bond acceptors (Lipinski definition) is 4. The number of hydrogen-bond donors (Lipinski definition) is 1. The van der Waals surface area contributed by atoms with Crippen molar-refractivity contribution >= 4 is 11.7 Å². The van der Waals surface area contributed by atoms with Crippen molar-refractivity contribution in [3.63, 3.8) is 0 Å². The van der Waals surface area contributed by atoms with E-state index in [-0.39, 0.29) is 5.97 Å². The van der Waals surface area contributed by atoms with E-state index in [1.165, 1.54) is 12.7 Å². The molecular weight excluding hydrogens is 218 g/mol. The van der Waals surface area contributed by atoms with E-state index < -0.39 is 5.54 Å². The summed E-state index contributed by atoms with van der Waals surface area (Å²) in [4.78, 5) is 11.8. The van der Waals surface area contributed by atoms with Crippen LogP contribution in [0.1, 0.15) is 12.0 Å². The Hall–Kier alpha value is -1.55. The number of carbonyl (C=O) groups excluding carboxylic acids is 1. The van der Waals surface area contributed by atoms with Crippen LogP contribution in [0.15, 0.2) is 24.3 Å². The average molecular weight is 235 g/mol. The third kappa shape index (κ3) is 2.42. The van der Waals surface area contributed by atoms with Gasteiger partial charge in [-0.2, -0.15) is 0 Å². The summed E-state index contributed by atoms with van der Waals surface area (Å²) in [6.07, 6.45) is 0.632. The molecule has 17 heavy (non-hydrogen) atoms. The maximum Gasteiger partial charge on any atom is 0.334 e. The van der Waals surface area contributed by atoms with Gasteiger partial charge in [0.1, 0.15) is 0 Å². The highest BCUT2D eigenvalue weighted by molar-refractivity contribution is 5.85. The maximum atomic E-state index is 11.8. The van der Waals surface area contributed by atoms with E-state index in [4.69, 9.17) is 9.47 Å². The summed E-state index contributed by atoms with van der Waals surface area (Å²) in [5, 5.41) is 3.23. The molecule has 0 amide bonds. The number of aryl methyl sites for hydroxylation is 1. The number of ether oxygens (including phenoxy) is 2. The van der Waals surface area contributed by atoms with Crippen molar-refractivity contribution in [3.8, 4) is 0 Å². The Balaban J connectivity index is 2.18. The van der Waals surface area contributed by atoms with Gasteiger partial charge in [-0.25, -0.2) is 4.79 Å². The molecule has 0 radical (unpaired) electrons. The van der Waals surface area contributed by atoms with Gasteiger partial charge >= 0.3 is 5.97 Å². The van der Waals surface area contributed by atoms with Crippen LogP contribution in [0.2, 0.25) is 0 Å². The fourth-order valence-electron chi connectivity index (χ4n) is 1.98. The van der Waals surface area contributed by atoms with Gasteiger partial charge in [0.15, 0.2) is 5.54 Å². The van der Waals surface area contributed by atoms with Crippen molar-refractivity contribution in [1.82, 2.24) is 0 Å². The van der Waals surface area contributed by atoms with Crippen LogP contribution in [-0.2, 0) is 14.3 Å². The second-order valence-electron chi connectivity index (χ2n) is 4.37. The lowest BCUT2D eigenvalue weighted by Crippen LogP contribution is -2.47. The van der Waals surface area contributed by atoms with Crippen molar-refractivity contribution in [1.29, 1.82) is 0 Å². The molecule has 1 aromatic rings. The van der Waals surface area contributed by atoms with Crippen LogP contribution in [-0.4, -0.2) is 31.8 Å². The highest BCUT2D eigenvalue weighted by Crippen LogP contribution is 2.25. The molecule has 2 rings (SSSR count). The molecule has 0 aliphatic carbocycles. The first kappa shape index (κ1) is 11.9. The first-order chi connectivity index (χ1) is 8.16. The van der Waals surface area contributed by atoms with E-state index in [2.05, 4.69) is 5.32 Å². The van der Waals surface area contributed by atoms with Gasteiger partial charge in [-0.3, -0.25) is 0 Å². The highest BCUT2D eigenvalue weighted by atomic mass is 16.5. The molecule has 1 aliphatic heterocycles. The Labute approximate surface area is 101 Å². The number of carbonyl (C=O) groups is 1. The SMILES string of the molecule is COC(=O)C1(Nc2ccc(C)cc2)CCOC1. The number of methoxy groups -OCH3 is 1. The standard InChI is InChI=1S/C13H17NO3/c1-10-3-5-11(6-4-10)14-13(12(15)16-2)7-8-17-9-13/h3-6,14H,7-9H2,1-2H3. The number of nitrogens with one attached hydrogen (secondary N) is 1. The lowest BCUT2D eigenvalue weighted by atomic mass is 9.98. The van der Waals surface area contributed by atoms with Crippen LogP contribution in [0.3, 0.4) is 0 Å². The van der Waals surface area contributed by atoms with Gasteiger partial charge in [-0.05, 0) is 19.1 Å². The summed E-state index contributed by atoms with van der Waals surface area (Å²) < 4.78 is 10.2. The number of rotatable bonds is 3. The summed E-state index contributed by atoms with van der Waals surface area (Å²) in [5.41, 5.74) is 1.36. The van der Waals surface area contributed by atoms with Crippen molar-refractivity contribution in [2.45, 2.75) is 18.9 Å². The zero-order valence-electron chi connectivity index (χ0n) is 10.2. The topological polar surface area (TPSA) is 47.6 Å². The predicted molar refractivity (Wildman–Crippen MR) is 65.0 cm³/mol. The Morgan fingerprint density at radius 2 is 2.12 bits per heavy atom. The molecule has 0 saturated carbocycles. The predicted octanol–water partition coefficient (Wildman–Crippen LogP) is 1.74. The van der Waals surface area contributed by atoms with Crippen LogP contribution in [0.4, 0.5) is 5.69 Å². The largest absolute Gasteiger partial charge is 0.467 e. The van der Waals surface area contributed by atoms with E-state index in [9.17, 15) is 4.79 Å². The molecule has 1 unspecified atom stereocenters. The second kappa shape index (κ2) is 4.75. The zero-order valence-corrected chi connectivity index (χ0v) is 10.2. The van der Waals surface area contributed by atoms with Crippen LogP contribution in [0.5, 0.6) is 0 Å². The van der Waals surface area contributed by atoms with Gasteiger partial charge in [-0.15, -0.1) is 0 Å². The second-order valence-corrected chi connectivity index (χ2v) is 4.37. The number of anilines is 1. The molecular formula is C13H17NO3. The van der Waals surface area contributed by atoms with Crippen LogP contribution in [0.25, 0.3) is 0 Å². The minimum atomic E-state index is -0.732. The average Bonchev–Trinajstić information content (AvgIpc) is 2.81. The van der Waals surface area contributed by atoms with Gasteiger partial charge in [0.25, 0.3) is 0 Å². The first-order valence-corrected chi connectivity index (χ1v) is 5.67. The Morgan fingerprint density at radius 1 is 1.41 bits per heavy atom. The molecule has 4 heteroatoms. The quantitative estimate of drug-likeness (QED) is 0.811. The van der Waals surface area contributed by atoms with Crippen molar-refractivity contribution < 1.29 is 14.3 Å². The smallest absolute Gasteiger partial charge is 0.334 e. The lowest BCUT2D eigenvalue weighted by Gasteiger charge is -2.26. The molecule has 1 aromatic carbocycles. The van der Waals surface area contributed by atoms with Crippen LogP contribution in [0, 0.1) is 6.92 Å². The van der Waals surface area contributed by atoms with Gasteiger partial charge in [0, 0.05) is 18.7 Å². The van der Waals surface area contributed by atoms with Crippen molar-refractivity contribution in [2.75, 3.05) is 25.6 Å². The van der Waals surface area contributed by atoms with Crippen molar-refractivity contribution in [3.05, 3.63) is 29.8 Å². The lowest BCUT2D eigenvalue weighted by molar-refractivity contribution is -0.146. The van der Waals surface area contributed by atoms with Gasteiger partial charge in [-0.1, -0.05) is 17.7 Å². The summed E-state index contributed by atoms with van der Waals surface area (Å²) in [7, 11) is 1.40. The molecule has 4 nitrogen and oxygen atoms in total. The first-order valence-electron chi connectivity index (χ1n) is 5.67. The fourth-order valence-corrected chi connectivity index (χ4v) is 1.98. The van der Waals surface area contributed by atoms with E-state index >= 15 is 0 Å². The number of benzene rings is 1. The minimum Gasteiger partial charge on any atom is -0.467 e. The molecule has 0 spiro atoms. The molecule has 1 aliphatic rings. The zero-order chi connectivity index (χ0) is 12.3. The Bertz CT molecular complexity index is 394. The molecule has 1 atom stereocenters. The van der Waals surface area contributed by atoms with Gasteiger partial charge < -0.3 is 14.8 Å². The normalized spacial score (nSPS) is 23.4. The van der Waals surface area contributed by atoms with E-state index in [0.717, 1.165) is 5.69 Å². The summed E-state index contributed by atoms with van der Waals surface area (Å²) >= 11 is 0. The Morgan fingerprint density at radius 3 is 2.65 bits per heavy atom. The van der Waals surface area contributed by atoms with Crippen LogP contribution < -0.4 is 5.32 Å². The van der Waals surface area contributed by atoms with E-state index in [1.807, 2.05) is 31.2 Å². The molecule has 92 valence electrons. The molecule has 1 heterocycles. The maximum absolute atomic E-state index is 11.8. The fraction of sp³-hybridized carbons (Fsp3) is 0.462. The summed E-state index contributed by atoms with van der Waals surface area (Å²) in [6.45, 7) is 2.96. The van der Waals surface area contributed by atoms with Gasteiger partial charge in [0.05, 0.1) is 13.7 Å². The van der Waals surface area contributed by atoms with Crippen LogP contribution >= 0.6 is 0 Å². The molecule has 0 bridgehead atoms. The summed E-state index contributed by atoms with van der Waals surface area (Å²) in [5.74, 6) is -0.268. The van der Waals surface area contributed by atoms with Crippen molar-refractivity contribution in [2.24, 2.45) is 0 Å². The van der Waals surface area contributed by atoms with E-state index in [0.29, 0.717) is 19.6 Å². The molecule has 0 aromatic heterocycles. The van der Waals surface area contributed by atoms with Gasteiger partial charge in [0.2, 0.25) is 0 Å². The third-order valence-electron chi connectivity index (χ3n) is 3.03. The highest BCUT2D eigenvalue weighted by Gasteiger charge is 2.43. The molecule has 1 fully saturated rings. The third-order valence-corrected chi connectivity index (χ3v) is 3.03. The Kier molecular flexibility index (Phi) is 3.33. The monoisotopic (exact) mass is 235 g/mol. The molecule has 1 saturated heterocycles.